The van der Waals surface area contributed by atoms with E-state index in [0.29, 0.717) is 44.9 Å². The quantitative estimate of drug-likeness (QED) is 0.626. The summed E-state index contributed by atoms with van der Waals surface area (Å²) in [5.41, 5.74) is 3.18. The standard InChI is InChI=1S/C26H29NO7/c1-31-26(30)21-8-6-20(7-9-21)22-14-23(25(29)27-10-12-32-13-11-27)34-24(15-22)33-17-19-4-2-18(16-28)3-5-19/h2-9,14,22,24,28H,10-13,15-17H2,1H3/t22-,24+/m0/s1. The number of benzene rings is 2. The first-order valence-electron chi connectivity index (χ1n) is 11.3. The van der Waals surface area contributed by atoms with Gasteiger partial charge in [0, 0.05) is 25.4 Å². The van der Waals surface area contributed by atoms with Crippen LogP contribution in [0, 0.1) is 0 Å². The Morgan fingerprint density at radius 2 is 1.71 bits per heavy atom. The third-order valence-corrected chi connectivity index (χ3v) is 5.97. The Balaban J connectivity index is 1.51. The van der Waals surface area contributed by atoms with Crippen LogP contribution in [-0.4, -0.2) is 61.6 Å². The lowest BCUT2D eigenvalue weighted by Crippen LogP contribution is -2.43. The van der Waals surface area contributed by atoms with E-state index in [1.165, 1.54) is 7.11 Å². The van der Waals surface area contributed by atoms with E-state index < -0.39 is 12.3 Å². The minimum absolute atomic E-state index is 0.0128. The zero-order valence-electron chi connectivity index (χ0n) is 19.1. The molecule has 0 spiro atoms. The number of allylic oxidation sites excluding steroid dienone is 1. The van der Waals surface area contributed by atoms with Crippen molar-refractivity contribution in [2.45, 2.75) is 31.8 Å². The Morgan fingerprint density at radius 3 is 2.35 bits per heavy atom. The van der Waals surface area contributed by atoms with Crippen LogP contribution >= 0.6 is 0 Å². The van der Waals surface area contributed by atoms with E-state index in [4.69, 9.17) is 18.9 Å². The van der Waals surface area contributed by atoms with Gasteiger partial charge in [0.05, 0.1) is 39.1 Å². The highest BCUT2D eigenvalue weighted by Gasteiger charge is 2.31. The molecule has 0 bridgehead atoms. The van der Waals surface area contributed by atoms with Crippen LogP contribution in [0.25, 0.3) is 0 Å². The predicted molar refractivity (Wildman–Crippen MR) is 123 cm³/mol. The van der Waals surface area contributed by atoms with Gasteiger partial charge in [-0.15, -0.1) is 0 Å². The molecular weight excluding hydrogens is 438 g/mol. The summed E-state index contributed by atoms with van der Waals surface area (Å²) in [6, 6.07) is 14.6. The second kappa shape index (κ2) is 11.3. The lowest BCUT2D eigenvalue weighted by atomic mass is 9.92. The van der Waals surface area contributed by atoms with Crippen LogP contribution in [0.5, 0.6) is 0 Å². The highest BCUT2D eigenvalue weighted by molar-refractivity contribution is 5.92. The largest absolute Gasteiger partial charge is 0.465 e. The zero-order chi connectivity index (χ0) is 23.9. The van der Waals surface area contributed by atoms with E-state index in [0.717, 1.165) is 16.7 Å². The van der Waals surface area contributed by atoms with Gasteiger partial charge in [0.2, 0.25) is 6.29 Å². The van der Waals surface area contributed by atoms with E-state index >= 15 is 0 Å². The summed E-state index contributed by atoms with van der Waals surface area (Å²) in [6.07, 6.45) is 1.74. The highest BCUT2D eigenvalue weighted by atomic mass is 16.7. The first kappa shape index (κ1) is 23.9. The van der Waals surface area contributed by atoms with Gasteiger partial charge in [-0.2, -0.15) is 0 Å². The highest BCUT2D eigenvalue weighted by Crippen LogP contribution is 2.33. The maximum atomic E-state index is 13.1. The minimum atomic E-state index is -0.618. The topological polar surface area (TPSA) is 94.5 Å². The van der Waals surface area contributed by atoms with Crippen LogP contribution < -0.4 is 0 Å². The minimum Gasteiger partial charge on any atom is -0.465 e. The molecule has 2 atom stereocenters. The van der Waals surface area contributed by atoms with E-state index in [9.17, 15) is 14.7 Å². The molecule has 4 rings (SSSR count). The number of esters is 1. The molecule has 1 amide bonds. The molecule has 34 heavy (non-hydrogen) atoms. The second-order valence-electron chi connectivity index (χ2n) is 8.22. The van der Waals surface area contributed by atoms with Gasteiger partial charge in [-0.3, -0.25) is 4.79 Å². The molecule has 0 saturated carbocycles. The fraction of sp³-hybridized carbons (Fsp3) is 0.385. The number of hydrogen-bond acceptors (Lipinski definition) is 7. The van der Waals surface area contributed by atoms with E-state index in [2.05, 4.69) is 0 Å². The van der Waals surface area contributed by atoms with Crippen molar-refractivity contribution < 1.29 is 33.6 Å². The van der Waals surface area contributed by atoms with E-state index in [1.54, 1.807) is 17.0 Å². The monoisotopic (exact) mass is 467 g/mol. The smallest absolute Gasteiger partial charge is 0.337 e. The number of ether oxygens (including phenoxy) is 4. The van der Waals surface area contributed by atoms with Gasteiger partial charge in [0.25, 0.3) is 5.91 Å². The normalized spacial score (nSPS) is 20.3. The number of morpholine rings is 1. The van der Waals surface area contributed by atoms with Crippen molar-refractivity contribution in [1.29, 1.82) is 0 Å². The van der Waals surface area contributed by atoms with Gasteiger partial charge in [-0.1, -0.05) is 36.4 Å². The molecule has 0 radical (unpaired) electrons. The Labute approximate surface area is 198 Å². The molecule has 0 unspecified atom stereocenters. The van der Waals surface area contributed by atoms with Crippen LogP contribution in [0.1, 0.15) is 39.4 Å². The number of aliphatic hydroxyl groups is 1. The first-order chi connectivity index (χ1) is 16.6. The van der Waals surface area contributed by atoms with Crippen molar-refractivity contribution in [2.24, 2.45) is 0 Å². The molecule has 8 heteroatoms. The summed E-state index contributed by atoms with van der Waals surface area (Å²) in [5, 5.41) is 9.22. The molecule has 180 valence electrons. The van der Waals surface area contributed by atoms with E-state index in [-0.39, 0.29) is 24.2 Å². The van der Waals surface area contributed by atoms with Crippen molar-refractivity contribution >= 4 is 11.9 Å². The fourth-order valence-electron chi connectivity index (χ4n) is 3.98. The van der Waals surface area contributed by atoms with Crippen LogP contribution in [0.2, 0.25) is 0 Å². The van der Waals surface area contributed by atoms with Crippen LogP contribution in [-0.2, 0) is 37.0 Å². The third-order valence-electron chi connectivity index (χ3n) is 5.97. The molecule has 2 heterocycles. The average Bonchev–Trinajstić information content (AvgIpc) is 2.91. The molecule has 0 aliphatic carbocycles. The van der Waals surface area contributed by atoms with Gasteiger partial charge in [-0.05, 0) is 34.9 Å². The summed E-state index contributed by atoms with van der Waals surface area (Å²) >= 11 is 0. The van der Waals surface area contributed by atoms with Crippen LogP contribution in [0.15, 0.2) is 60.4 Å². The lowest BCUT2D eigenvalue weighted by Gasteiger charge is -2.33. The Morgan fingerprint density at radius 1 is 1.03 bits per heavy atom. The van der Waals surface area contributed by atoms with Crippen molar-refractivity contribution in [3.63, 3.8) is 0 Å². The Kier molecular flexibility index (Phi) is 7.95. The number of hydrogen-bond donors (Lipinski definition) is 1. The fourth-order valence-corrected chi connectivity index (χ4v) is 3.98. The Hall–Kier alpha value is -3.20. The number of methoxy groups -OCH3 is 1. The number of rotatable bonds is 7. The number of carbonyl (C=O) groups is 2. The molecule has 1 fully saturated rings. The van der Waals surface area contributed by atoms with Gasteiger partial charge in [0.15, 0.2) is 5.76 Å². The van der Waals surface area contributed by atoms with Crippen molar-refractivity contribution in [3.8, 4) is 0 Å². The van der Waals surface area contributed by atoms with Crippen molar-refractivity contribution in [3.05, 3.63) is 82.6 Å². The molecule has 2 aliphatic heterocycles. The van der Waals surface area contributed by atoms with Gasteiger partial charge in [-0.25, -0.2) is 4.79 Å². The molecular formula is C26H29NO7. The van der Waals surface area contributed by atoms with Crippen molar-refractivity contribution in [2.75, 3.05) is 33.4 Å². The van der Waals surface area contributed by atoms with Gasteiger partial charge >= 0.3 is 5.97 Å². The number of amides is 1. The summed E-state index contributed by atoms with van der Waals surface area (Å²) < 4.78 is 22.2. The molecule has 0 aromatic heterocycles. The predicted octanol–water partition coefficient (Wildman–Crippen LogP) is 2.76. The van der Waals surface area contributed by atoms with E-state index in [1.807, 2.05) is 42.5 Å². The average molecular weight is 468 g/mol. The molecule has 2 aromatic rings. The molecule has 8 nitrogen and oxygen atoms in total. The van der Waals surface area contributed by atoms with Gasteiger partial charge < -0.3 is 29.0 Å². The van der Waals surface area contributed by atoms with Crippen molar-refractivity contribution in [1.82, 2.24) is 4.90 Å². The summed E-state index contributed by atoms with van der Waals surface area (Å²) in [6.45, 7) is 2.33. The van der Waals surface area contributed by atoms with Crippen LogP contribution in [0.4, 0.5) is 0 Å². The third kappa shape index (κ3) is 5.83. The summed E-state index contributed by atoms with van der Waals surface area (Å²) in [4.78, 5) is 26.6. The maximum Gasteiger partial charge on any atom is 0.337 e. The maximum absolute atomic E-state index is 13.1. The zero-order valence-corrected chi connectivity index (χ0v) is 19.1. The second-order valence-corrected chi connectivity index (χ2v) is 8.22. The molecule has 1 N–H and O–H groups in total. The number of carbonyl (C=O) groups excluding carboxylic acids is 2. The summed E-state index contributed by atoms with van der Waals surface area (Å²) in [5.74, 6) is -0.441. The first-order valence-corrected chi connectivity index (χ1v) is 11.3. The number of aliphatic hydroxyl groups excluding tert-OH is 1. The number of nitrogens with zero attached hydrogens (tertiary/aromatic N) is 1. The Bertz CT molecular complexity index is 1010. The molecule has 2 aromatic carbocycles. The molecule has 2 aliphatic rings. The van der Waals surface area contributed by atoms with Gasteiger partial charge in [0.1, 0.15) is 0 Å². The lowest BCUT2D eigenvalue weighted by molar-refractivity contribution is -0.158. The summed E-state index contributed by atoms with van der Waals surface area (Å²) in [7, 11) is 1.35. The molecule has 1 saturated heterocycles. The van der Waals surface area contributed by atoms with Crippen LogP contribution in [0.3, 0.4) is 0 Å². The SMILES string of the molecule is COC(=O)c1ccc([C@H]2C=C(C(=O)N3CCOCC3)O[C@@H](OCc3ccc(CO)cc3)C2)cc1.